The SMILES string of the molecule is Cc1ccc(CNC(c2ccc(F)cc2)C(C)C)cc1C. The van der Waals surface area contributed by atoms with Gasteiger partial charge in [0.15, 0.2) is 0 Å². The van der Waals surface area contributed by atoms with Crippen molar-refractivity contribution >= 4 is 0 Å². The molecule has 0 saturated heterocycles. The van der Waals surface area contributed by atoms with Crippen LogP contribution in [0.5, 0.6) is 0 Å². The van der Waals surface area contributed by atoms with Crippen LogP contribution in [0.1, 0.15) is 42.1 Å². The summed E-state index contributed by atoms with van der Waals surface area (Å²) in [5.74, 6) is 0.262. The maximum absolute atomic E-state index is 13.1. The Bertz CT molecular complexity index is 587. The van der Waals surface area contributed by atoms with Gasteiger partial charge in [0.1, 0.15) is 5.82 Å². The van der Waals surface area contributed by atoms with Crippen molar-refractivity contribution < 1.29 is 4.39 Å². The highest BCUT2D eigenvalue weighted by molar-refractivity contribution is 5.30. The van der Waals surface area contributed by atoms with E-state index in [1.165, 1.54) is 28.8 Å². The first-order valence-electron chi connectivity index (χ1n) is 7.52. The fourth-order valence-electron chi connectivity index (χ4n) is 2.55. The van der Waals surface area contributed by atoms with Crippen molar-refractivity contribution in [2.24, 2.45) is 5.92 Å². The zero-order valence-electron chi connectivity index (χ0n) is 13.3. The molecule has 0 bridgehead atoms. The van der Waals surface area contributed by atoms with Crippen molar-refractivity contribution in [1.82, 2.24) is 5.32 Å². The molecular weight excluding hydrogens is 261 g/mol. The monoisotopic (exact) mass is 285 g/mol. The molecule has 0 amide bonds. The second kappa shape index (κ2) is 6.86. The molecule has 2 aromatic carbocycles. The maximum atomic E-state index is 13.1. The highest BCUT2D eigenvalue weighted by Gasteiger charge is 2.15. The van der Waals surface area contributed by atoms with Crippen molar-refractivity contribution in [2.45, 2.75) is 40.3 Å². The summed E-state index contributed by atoms with van der Waals surface area (Å²) in [5.41, 5.74) is 5.05. The average Bonchev–Trinajstić information content (AvgIpc) is 2.44. The summed E-state index contributed by atoms with van der Waals surface area (Å²) in [6.45, 7) is 9.45. The Morgan fingerprint density at radius 1 is 0.952 bits per heavy atom. The third-order valence-corrected chi connectivity index (χ3v) is 3.99. The van der Waals surface area contributed by atoms with Crippen molar-refractivity contribution in [1.29, 1.82) is 0 Å². The largest absolute Gasteiger partial charge is 0.306 e. The summed E-state index contributed by atoms with van der Waals surface area (Å²) < 4.78 is 13.1. The van der Waals surface area contributed by atoms with Gasteiger partial charge in [-0.25, -0.2) is 4.39 Å². The minimum absolute atomic E-state index is 0.185. The van der Waals surface area contributed by atoms with Crippen LogP contribution in [0.3, 0.4) is 0 Å². The number of aryl methyl sites for hydroxylation is 2. The summed E-state index contributed by atoms with van der Waals surface area (Å²) in [6, 6.07) is 13.6. The topological polar surface area (TPSA) is 12.0 Å². The van der Waals surface area contributed by atoms with E-state index in [0.717, 1.165) is 12.1 Å². The molecule has 1 atom stereocenters. The van der Waals surface area contributed by atoms with Gasteiger partial charge in [0, 0.05) is 12.6 Å². The van der Waals surface area contributed by atoms with Crippen LogP contribution in [0.25, 0.3) is 0 Å². The normalized spacial score (nSPS) is 12.7. The molecule has 2 heteroatoms. The number of hydrogen-bond acceptors (Lipinski definition) is 1. The van der Waals surface area contributed by atoms with Crippen molar-refractivity contribution in [3.63, 3.8) is 0 Å². The molecule has 1 nitrogen and oxygen atoms in total. The average molecular weight is 285 g/mol. The van der Waals surface area contributed by atoms with Gasteiger partial charge in [-0.15, -0.1) is 0 Å². The number of halogens is 1. The lowest BCUT2D eigenvalue weighted by Crippen LogP contribution is -2.25. The zero-order chi connectivity index (χ0) is 15.4. The first-order valence-corrected chi connectivity index (χ1v) is 7.52. The quantitative estimate of drug-likeness (QED) is 0.821. The molecule has 1 N–H and O–H groups in total. The van der Waals surface area contributed by atoms with Crippen LogP contribution in [0.4, 0.5) is 4.39 Å². The zero-order valence-corrected chi connectivity index (χ0v) is 13.3. The van der Waals surface area contributed by atoms with E-state index in [1.807, 2.05) is 12.1 Å². The first kappa shape index (κ1) is 15.7. The van der Waals surface area contributed by atoms with E-state index in [9.17, 15) is 4.39 Å². The van der Waals surface area contributed by atoms with E-state index in [4.69, 9.17) is 0 Å². The van der Waals surface area contributed by atoms with Crippen LogP contribution < -0.4 is 5.32 Å². The molecule has 0 aromatic heterocycles. The maximum Gasteiger partial charge on any atom is 0.123 e. The van der Waals surface area contributed by atoms with Gasteiger partial charge < -0.3 is 5.32 Å². The smallest absolute Gasteiger partial charge is 0.123 e. The van der Waals surface area contributed by atoms with Crippen LogP contribution >= 0.6 is 0 Å². The van der Waals surface area contributed by atoms with E-state index in [1.54, 1.807) is 0 Å². The van der Waals surface area contributed by atoms with Gasteiger partial charge in [-0.2, -0.15) is 0 Å². The fraction of sp³-hybridized carbons (Fsp3) is 0.368. The van der Waals surface area contributed by atoms with E-state index >= 15 is 0 Å². The lowest BCUT2D eigenvalue weighted by Gasteiger charge is -2.23. The highest BCUT2D eigenvalue weighted by atomic mass is 19.1. The molecule has 0 aliphatic heterocycles. The van der Waals surface area contributed by atoms with Gasteiger partial charge in [-0.3, -0.25) is 0 Å². The molecule has 2 rings (SSSR count). The second-order valence-electron chi connectivity index (χ2n) is 6.07. The number of hydrogen-bond donors (Lipinski definition) is 1. The summed E-state index contributed by atoms with van der Waals surface area (Å²) in [5, 5.41) is 3.60. The summed E-state index contributed by atoms with van der Waals surface area (Å²) in [6.07, 6.45) is 0. The van der Waals surface area contributed by atoms with Crippen LogP contribution in [0.15, 0.2) is 42.5 Å². The molecule has 112 valence electrons. The molecular formula is C19H24FN. The predicted octanol–water partition coefficient (Wildman–Crippen LogP) is 4.93. The molecule has 0 radical (unpaired) electrons. The predicted molar refractivity (Wildman–Crippen MR) is 86.7 cm³/mol. The van der Waals surface area contributed by atoms with Crippen molar-refractivity contribution in [3.05, 3.63) is 70.5 Å². The summed E-state index contributed by atoms with van der Waals surface area (Å²) in [7, 11) is 0. The van der Waals surface area contributed by atoms with Gasteiger partial charge >= 0.3 is 0 Å². The Balaban J connectivity index is 2.09. The van der Waals surface area contributed by atoms with E-state index in [0.29, 0.717) is 5.92 Å². The minimum Gasteiger partial charge on any atom is -0.306 e. The van der Waals surface area contributed by atoms with Gasteiger partial charge in [0.25, 0.3) is 0 Å². The lowest BCUT2D eigenvalue weighted by molar-refractivity contribution is 0.410. The number of nitrogens with one attached hydrogen (secondary N) is 1. The first-order chi connectivity index (χ1) is 9.97. The summed E-state index contributed by atoms with van der Waals surface area (Å²) in [4.78, 5) is 0. The number of benzene rings is 2. The fourth-order valence-corrected chi connectivity index (χ4v) is 2.55. The molecule has 1 unspecified atom stereocenters. The molecule has 0 aliphatic rings. The molecule has 0 fully saturated rings. The Morgan fingerprint density at radius 3 is 2.19 bits per heavy atom. The third-order valence-electron chi connectivity index (χ3n) is 3.99. The molecule has 0 spiro atoms. The molecule has 21 heavy (non-hydrogen) atoms. The lowest BCUT2D eigenvalue weighted by atomic mass is 9.95. The van der Waals surface area contributed by atoms with Gasteiger partial charge in [-0.1, -0.05) is 44.2 Å². The molecule has 2 aromatic rings. The van der Waals surface area contributed by atoms with Crippen molar-refractivity contribution in [3.8, 4) is 0 Å². The standard InChI is InChI=1S/C19H24FN/c1-13(2)19(17-7-9-18(20)10-8-17)21-12-16-6-5-14(3)15(4)11-16/h5-11,13,19,21H,12H2,1-4H3. The van der Waals surface area contributed by atoms with Crippen molar-refractivity contribution in [2.75, 3.05) is 0 Å². The highest BCUT2D eigenvalue weighted by Crippen LogP contribution is 2.22. The second-order valence-corrected chi connectivity index (χ2v) is 6.07. The third kappa shape index (κ3) is 4.15. The van der Waals surface area contributed by atoms with Crippen LogP contribution in [0, 0.1) is 25.6 Å². The van der Waals surface area contributed by atoms with Crippen LogP contribution in [0.2, 0.25) is 0 Å². The number of rotatable bonds is 5. The van der Waals surface area contributed by atoms with E-state index in [2.05, 4.69) is 51.2 Å². The van der Waals surface area contributed by atoms with Gasteiger partial charge in [-0.05, 0) is 54.2 Å². The molecule has 0 saturated carbocycles. The Morgan fingerprint density at radius 2 is 1.62 bits per heavy atom. The Kier molecular flexibility index (Phi) is 5.13. The van der Waals surface area contributed by atoms with E-state index < -0.39 is 0 Å². The Labute approximate surface area is 127 Å². The summed E-state index contributed by atoms with van der Waals surface area (Å²) >= 11 is 0. The Hall–Kier alpha value is -1.67. The van der Waals surface area contributed by atoms with Gasteiger partial charge in [0.2, 0.25) is 0 Å². The van der Waals surface area contributed by atoms with Crippen LogP contribution in [-0.2, 0) is 6.54 Å². The van der Waals surface area contributed by atoms with E-state index in [-0.39, 0.29) is 11.9 Å². The van der Waals surface area contributed by atoms with Gasteiger partial charge in [0.05, 0.1) is 0 Å². The molecule has 0 heterocycles. The minimum atomic E-state index is -0.185. The molecule has 0 aliphatic carbocycles. The van der Waals surface area contributed by atoms with Crippen LogP contribution in [-0.4, -0.2) is 0 Å².